The normalized spacial score (nSPS) is 10.4. The number of hydrogen-bond donors (Lipinski definition) is 1. The van der Waals surface area contributed by atoms with Gasteiger partial charge in [0, 0.05) is 25.2 Å². The summed E-state index contributed by atoms with van der Waals surface area (Å²) in [6.45, 7) is 5.61. The van der Waals surface area contributed by atoms with E-state index in [1.54, 1.807) is 0 Å². The van der Waals surface area contributed by atoms with Crippen LogP contribution in [-0.4, -0.2) is 23.9 Å². The molecule has 3 heteroatoms. The third-order valence-corrected chi connectivity index (χ3v) is 3.51. The Bertz CT molecular complexity index is 608. The molecule has 2 N–H and O–H groups in total. The molecule has 0 aliphatic heterocycles. The van der Waals surface area contributed by atoms with Gasteiger partial charge in [0.2, 0.25) is 0 Å². The summed E-state index contributed by atoms with van der Waals surface area (Å²) >= 11 is 0. The zero-order valence-corrected chi connectivity index (χ0v) is 12.7. The molecule has 0 spiro atoms. The second-order valence-electron chi connectivity index (χ2n) is 5.32. The number of carbonyl (C=O) groups is 1. The van der Waals surface area contributed by atoms with Gasteiger partial charge in [-0.2, -0.15) is 0 Å². The van der Waals surface area contributed by atoms with Crippen LogP contribution in [0.5, 0.6) is 0 Å². The molecule has 0 saturated heterocycles. The molecule has 0 aliphatic rings. The molecule has 1 amide bonds. The lowest BCUT2D eigenvalue weighted by molar-refractivity contribution is 0.0747. The van der Waals surface area contributed by atoms with E-state index in [-0.39, 0.29) is 5.91 Å². The fourth-order valence-electron chi connectivity index (χ4n) is 2.44. The van der Waals surface area contributed by atoms with Gasteiger partial charge in [0.05, 0.1) is 0 Å². The van der Waals surface area contributed by atoms with Crippen molar-refractivity contribution in [2.75, 3.05) is 13.1 Å². The van der Waals surface area contributed by atoms with E-state index in [0.29, 0.717) is 19.6 Å². The molecule has 110 valence electrons. The van der Waals surface area contributed by atoms with Crippen LogP contribution in [0, 0.1) is 13.8 Å². The molecular formula is C18H22N2O. The molecule has 2 aromatic carbocycles. The first-order valence-corrected chi connectivity index (χ1v) is 7.22. The van der Waals surface area contributed by atoms with E-state index in [9.17, 15) is 4.79 Å². The van der Waals surface area contributed by atoms with Crippen molar-refractivity contribution in [3.8, 4) is 0 Å². The lowest BCUT2D eigenvalue weighted by atomic mass is 10.0. The van der Waals surface area contributed by atoms with Crippen molar-refractivity contribution in [3.63, 3.8) is 0 Å². The first kappa shape index (κ1) is 15.3. The van der Waals surface area contributed by atoms with Crippen molar-refractivity contribution in [1.29, 1.82) is 0 Å². The van der Waals surface area contributed by atoms with Crippen LogP contribution < -0.4 is 5.73 Å². The predicted molar refractivity (Wildman–Crippen MR) is 86.2 cm³/mol. The van der Waals surface area contributed by atoms with E-state index < -0.39 is 0 Å². The zero-order valence-electron chi connectivity index (χ0n) is 12.7. The SMILES string of the molecule is Cc1ccc(C(=O)N(CCN)Cc2ccccc2)c(C)c1. The van der Waals surface area contributed by atoms with Gasteiger partial charge in [-0.3, -0.25) is 4.79 Å². The van der Waals surface area contributed by atoms with Gasteiger partial charge in [-0.05, 0) is 31.0 Å². The number of nitrogens with zero attached hydrogens (tertiary/aromatic N) is 1. The van der Waals surface area contributed by atoms with Crippen molar-refractivity contribution in [3.05, 3.63) is 70.8 Å². The Morgan fingerprint density at radius 3 is 2.43 bits per heavy atom. The Morgan fingerprint density at radius 2 is 1.81 bits per heavy atom. The van der Waals surface area contributed by atoms with E-state index in [1.165, 1.54) is 0 Å². The molecule has 0 fully saturated rings. The van der Waals surface area contributed by atoms with Gasteiger partial charge in [-0.25, -0.2) is 0 Å². The Labute approximate surface area is 126 Å². The lowest BCUT2D eigenvalue weighted by Gasteiger charge is -2.23. The average Bonchev–Trinajstić information content (AvgIpc) is 2.47. The Balaban J connectivity index is 2.23. The van der Waals surface area contributed by atoms with Crippen LogP contribution in [0.2, 0.25) is 0 Å². The number of hydrogen-bond acceptors (Lipinski definition) is 2. The maximum atomic E-state index is 12.7. The number of aryl methyl sites for hydroxylation is 2. The molecule has 0 unspecified atom stereocenters. The minimum atomic E-state index is 0.0433. The molecule has 21 heavy (non-hydrogen) atoms. The minimum Gasteiger partial charge on any atom is -0.333 e. The number of nitrogens with two attached hydrogens (primary N) is 1. The minimum absolute atomic E-state index is 0.0433. The zero-order chi connectivity index (χ0) is 15.2. The molecule has 0 heterocycles. The lowest BCUT2D eigenvalue weighted by Crippen LogP contribution is -2.35. The third-order valence-electron chi connectivity index (χ3n) is 3.51. The highest BCUT2D eigenvalue weighted by atomic mass is 16.2. The maximum Gasteiger partial charge on any atom is 0.254 e. The molecular weight excluding hydrogens is 260 g/mol. The van der Waals surface area contributed by atoms with Gasteiger partial charge >= 0.3 is 0 Å². The Kier molecular flexibility index (Phi) is 5.12. The fraction of sp³-hybridized carbons (Fsp3) is 0.278. The average molecular weight is 282 g/mol. The number of amides is 1. The second-order valence-corrected chi connectivity index (χ2v) is 5.32. The van der Waals surface area contributed by atoms with E-state index in [2.05, 4.69) is 0 Å². The van der Waals surface area contributed by atoms with Crippen LogP contribution in [0.1, 0.15) is 27.0 Å². The smallest absolute Gasteiger partial charge is 0.254 e. The van der Waals surface area contributed by atoms with Crippen LogP contribution in [0.4, 0.5) is 0 Å². The molecule has 0 saturated carbocycles. The molecule has 0 aromatic heterocycles. The van der Waals surface area contributed by atoms with Gasteiger partial charge < -0.3 is 10.6 Å². The third kappa shape index (κ3) is 3.92. The summed E-state index contributed by atoms with van der Waals surface area (Å²) in [5, 5.41) is 0. The molecule has 0 atom stereocenters. The molecule has 3 nitrogen and oxygen atoms in total. The Hall–Kier alpha value is -2.13. The van der Waals surface area contributed by atoms with Gasteiger partial charge in [0.15, 0.2) is 0 Å². The highest BCUT2D eigenvalue weighted by Gasteiger charge is 2.17. The number of rotatable bonds is 5. The summed E-state index contributed by atoms with van der Waals surface area (Å²) in [5.74, 6) is 0.0433. The van der Waals surface area contributed by atoms with Crippen LogP contribution in [0.3, 0.4) is 0 Å². The largest absolute Gasteiger partial charge is 0.333 e. The molecule has 0 radical (unpaired) electrons. The number of benzene rings is 2. The monoisotopic (exact) mass is 282 g/mol. The van der Waals surface area contributed by atoms with Crippen molar-refractivity contribution >= 4 is 5.91 Å². The fourth-order valence-corrected chi connectivity index (χ4v) is 2.44. The van der Waals surface area contributed by atoms with Crippen molar-refractivity contribution < 1.29 is 4.79 Å². The highest BCUT2D eigenvalue weighted by Crippen LogP contribution is 2.15. The van der Waals surface area contributed by atoms with Gasteiger partial charge in [-0.1, -0.05) is 48.0 Å². The van der Waals surface area contributed by atoms with Gasteiger partial charge in [0.25, 0.3) is 5.91 Å². The summed E-state index contributed by atoms with van der Waals surface area (Å²) in [6.07, 6.45) is 0. The van der Waals surface area contributed by atoms with E-state index in [1.807, 2.05) is 67.3 Å². The molecule has 2 aromatic rings. The maximum absolute atomic E-state index is 12.7. The summed E-state index contributed by atoms with van der Waals surface area (Å²) < 4.78 is 0. The summed E-state index contributed by atoms with van der Waals surface area (Å²) in [5.41, 5.74) is 9.71. The summed E-state index contributed by atoms with van der Waals surface area (Å²) in [6, 6.07) is 15.9. The van der Waals surface area contributed by atoms with Crippen LogP contribution in [0.15, 0.2) is 48.5 Å². The molecule has 0 bridgehead atoms. The number of carbonyl (C=O) groups excluding carboxylic acids is 1. The van der Waals surface area contributed by atoms with E-state index in [0.717, 1.165) is 22.3 Å². The first-order chi connectivity index (χ1) is 10.1. The first-order valence-electron chi connectivity index (χ1n) is 7.22. The highest BCUT2D eigenvalue weighted by molar-refractivity contribution is 5.95. The topological polar surface area (TPSA) is 46.3 Å². The second kappa shape index (κ2) is 7.04. The standard InChI is InChI=1S/C18H22N2O/c1-14-8-9-17(15(2)12-14)18(21)20(11-10-19)13-16-6-4-3-5-7-16/h3-9,12H,10-11,13,19H2,1-2H3. The van der Waals surface area contributed by atoms with Crippen LogP contribution in [0.25, 0.3) is 0 Å². The van der Waals surface area contributed by atoms with Crippen molar-refractivity contribution in [2.24, 2.45) is 5.73 Å². The van der Waals surface area contributed by atoms with Crippen LogP contribution >= 0.6 is 0 Å². The van der Waals surface area contributed by atoms with Crippen molar-refractivity contribution in [2.45, 2.75) is 20.4 Å². The molecule has 2 rings (SSSR count). The predicted octanol–water partition coefficient (Wildman–Crippen LogP) is 2.90. The van der Waals surface area contributed by atoms with E-state index in [4.69, 9.17) is 5.73 Å². The summed E-state index contributed by atoms with van der Waals surface area (Å²) in [4.78, 5) is 14.6. The molecule has 0 aliphatic carbocycles. The van der Waals surface area contributed by atoms with Crippen molar-refractivity contribution in [1.82, 2.24) is 4.90 Å². The van der Waals surface area contributed by atoms with E-state index >= 15 is 0 Å². The van der Waals surface area contributed by atoms with Gasteiger partial charge in [0.1, 0.15) is 0 Å². The van der Waals surface area contributed by atoms with Crippen LogP contribution in [-0.2, 0) is 6.54 Å². The summed E-state index contributed by atoms with van der Waals surface area (Å²) in [7, 11) is 0. The Morgan fingerprint density at radius 1 is 1.10 bits per heavy atom. The quantitative estimate of drug-likeness (QED) is 0.916. The van der Waals surface area contributed by atoms with Gasteiger partial charge in [-0.15, -0.1) is 0 Å².